The molecule has 1 aliphatic carbocycles. The van der Waals surface area contributed by atoms with Crippen LogP contribution in [0.1, 0.15) is 18.4 Å². The molecule has 0 amide bonds. The zero-order valence-corrected chi connectivity index (χ0v) is 10.4. The lowest BCUT2D eigenvalue weighted by Crippen LogP contribution is -2.37. The van der Waals surface area contributed by atoms with Crippen LogP contribution in [0, 0.1) is 16.0 Å². The van der Waals surface area contributed by atoms with Crippen LogP contribution in [-0.4, -0.2) is 17.6 Å². The highest BCUT2D eigenvalue weighted by Gasteiger charge is 2.39. The first-order chi connectivity index (χ1) is 9.31. The maximum absolute atomic E-state index is 12.8. The molecule has 1 fully saturated rings. The topological polar surface area (TPSA) is 78.4 Å². The third-order valence-corrected chi connectivity index (χ3v) is 3.30. The van der Waals surface area contributed by atoms with Gasteiger partial charge in [0.2, 0.25) is 0 Å². The van der Waals surface area contributed by atoms with Crippen LogP contribution < -0.4 is 10.5 Å². The van der Waals surface area contributed by atoms with Gasteiger partial charge in [-0.3, -0.25) is 10.1 Å². The molecule has 0 bridgehead atoms. The van der Waals surface area contributed by atoms with Crippen molar-refractivity contribution in [1.29, 1.82) is 0 Å². The number of alkyl halides is 3. The van der Waals surface area contributed by atoms with Crippen molar-refractivity contribution in [3.63, 3.8) is 0 Å². The Morgan fingerprint density at radius 1 is 1.40 bits per heavy atom. The van der Waals surface area contributed by atoms with Crippen molar-refractivity contribution in [3.8, 4) is 5.75 Å². The first-order valence-corrected chi connectivity index (χ1v) is 6.03. The SMILES string of the molecule is NCC1CC(Oc2ccc([N+](=O)[O-])c(C(F)(F)F)c2)C1. The van der Waals surface area contributed by atoms with Gasteiger partial charge in [0.05, 0.1) is 11.0 Å². The summed E-state index contributed by atoms with van der Waals surface area (Å²) in [5.41, 5.74) is 3.17. The molecule has 1 aromatic rings. The van der Waals surface area contributed by atoms with Crippen molar-refractivity contribution in [2.24, 2.45) is 11.7 Å². The summed E-state index contributed by atoms with van der Waals surface area (Å²) in [5.74, 6) is 0.323. The number of nitrogens with two attached hydrogens (primary N) is 1. The van der Waals surface area contributed by atoms with E-state index < -0.39 is 22.4 Å². The smallest absolute Gasteiger partial charge is 0.423 e. The Hall–Kier alpha value is -1.83. The molecule has 1 saturated carbocycles. The molecular formula is C12H13F3N2O3. The highest BCUT2D eigenvalue weighted by atomic mass is 19.4. The van der Waals surface area contributed by atoms with Gasteiger partial charge in [0.15, 0.2) is 0 Å². The normalized spacial score (nSPS) is 22.2. The summed E-state index contributed by atoms with van der Waals surface area (Å²) in [7, 11) is 0. The Morgan fingerprint density at radius 2 is 2.05 bits per heavy atom. The summed E-state index contributed by atoms with van der Waals surface area (Å²) < 4.78 is 43.7. The number of hydrogen-bond donors (Lipinski definition) is 1. The molecule has 5 nitrogen and oxygen atoms in total. The van der Waals surface area contributed by atoms with E-state index in [4.69, 9.17) is 10.5 Å². The highest BCUT2D eigenvalue weighted by molar-refractivity contribution is 5.47. The van der Waals surface area contributed by atoms with Gasteiger partial charge in [-0.05, 0) is 37.4 Å². The summed E-state index contributed by atoms with van der Waals surface area (Å²) >= 11 is 0. The molecule has 1 aromatic carbocycles. The summed E-state index contributed by atoms with van der Waals surface area (Å²) in [4.78, 5) is 9.55. The van der Waals surface area contributed by atoms with E-state index >= 15 is 0 Å². The summed E-state index contributed by atoms with van der Waals surface area (Å²) in [6.45, 7) is 0.522. The summed E-state index contributed by atoms with van der Waals surface area (Å²) in [6.07, 6.45) is -3.59. The summed E-state index contributed by atoms with van der Waals surface area (Å²) in [6, 6.07) is 2.67. The molecule has 110 valence electrons. The molecule has 0 saturated heterocycles. The molecule has 0 spiro atoms. The highest BCUT2D eigenvalue weighted by Crippen LogP contribution is 2.39. The van der Waals surface area contributed by atoms with E-state index in [9.17, 15) is 23.3 Å². The van der Waals surface area contributed by atoms with Crippen LogP contribution in [0.5, 0.6) is 5.75 Å². The van der Waals surface area contributed by atoms with E-state index in [1.165, 1.54) is 6.07 Å². The molecular weight excluding hydrogens is 277 g/mol. The van der Waals surface area contributed by atoms with Gasteiger partial charge in [0, 0.05) is 6.07 Å². The lowest BCUT2D eigenvalue weighted by atomic mass is 9.82. The second kappa shape index (κ2) is 5.28. The van der Waals surface area contributed by atoms with E-state index in [-0.39, 0.29) is 11.9 Å². The van der Waals surface area contributed by atoms with Crippen LogP contribution >= 0.6 is 0 Å². The van der Waals surface area contributed by atoms with Crippen LogP contribution in [0.3, 0.4) is 0 Å². The molecule has 1 aliphatic rings. The number of benzene rings is 1. The van der Waals surface area contributed by atoms with Crippen molar-refractivity contribution in [2.45, 2.75) is 25.1 Å². The largest absolute Gasteiger partial charge is 0.490 e. The summed E-state index contributed by atoms with van der Waals surface area (Å²) in [5, 5.41) is 10.6. The molecule has 0 aliphatic heterocycles. The number of rotatable bonds is 4. The zero-order valence-electron chi connectivity index (χ0n) is 10.4. The second-order valence-electron chi connectivity index (χ2n) is 4.75. The van der Waals surface area contributed by atoms with E-state index in [0.717, 1.165) is 6.07 Å². The van der Waals surface area contributed by atoms with E-state index in [0.29, 0.717) is 31.4 Å². The number of ether oxygens (including phenoxy) is 1. The fourth-order valence-corrected chi connectivity index (χ4v) is 2.13. The fourth-order valence-electron chi connectivity index (χ4n) is 2.13. The van der Waals surface area contributed by atoms with Gasteiger partial charge in [-0.25, -0.2) is 0 Å². The minimum atomic E-state index is -4.79. The minimum Gasteiger partial charge on any atom is -0.490 e. The molecule has 2 rings (SSSR count). The lowest BCUT2D eigenvalue weighted by Gasteiger charge is -2.34. The Kier molecular flexibility index (Phi) is 3.85. The predicted molar refractivity (Wildman–Crippen MR) is 64.3 cm³/mol. The average molecular weight is 290 g/mol. The van der Waals surface area contributed by atoms with Crippen LogP contribution in [0.4, 0.5) is 18.9 Å². The molecule has 2 N–H and O–H groups in total. The average Bonchev–Trinajstić information content (AvgIpc) is 2.31. The van der Waals surface area contributed by atoms with Gasteiger partial charge in [-0.15, -0.1) is 0 Å². The van der Waals surface area contributed by atoms with Crippen LogP contribution in [-0.2, 0) is 6.18 Å². The third kappa shape index (κ3) is 3.01. The van der Waals surface area contributed by atoms with E-state index in [2.05, 4.69) is 0 Å². The Labute approximate surface area is 112 Å². The lowest BCUT2D eigenvalue weighted by molar-refractivity contribution is -0.388. The molecule has 20 heavy (non-hydrogen) atoms. The van der Waals surface area contributed by atoms with Gasteiger partial charge in [0.25, 0.3) is 5.69 Å². The minimum absolute atomic E-state index is 0.0107. The molecule has 0 radical (unpaired) electrons. The van der Waals surface area contributed by atoms with Crippen molar-refractivity contribution in [3.05, 3.63) is 33.9 Å². The Bertz CT molecular complexity index is 513. The fraction of sp³-hybridized carbons (Fsp3) is 0.500. The van der Waals surface area contributed by atoms with Crippen molar-refractivity contribution in [2.75, 3.05) is 6.54 Å². The van der Waals surface area contributed by atoms with Gasteiger partial charge in [-0.1, -0.05) is 0 Å². The van der Waals surface area contributed by atoms with Crippen molar-refractivity contribution >= 4 is 5.69 Å². The molecule has 8 heteroatoms. The zero-order chi connectivity index (χ0) is 14.9. The maximum Gasteiger partial charge on any atom is 0.423 e. The van der Waals surface area contributed by atoms with Gasteiger partial charge in [0.1, 0.15) is 11.3 Å². The van der Waals surface area contributed by atoms with E-state index in [1.54, 1.807) is 0 Å². The van der Waals surface area contributed by atoms with Crippen LogP contribution in [0.15, 0.2) is 18.2 Å². The standard InChI is InChI=1S/C12H13F3N2O3/c13-12(14,15)10-5-8(1-2-11(10)17(18)19)20-9-3-7(4-9)6-16/h1-2,5,7,9H,3-4,6,16H2. The molecule has 0 aromatic heterocycles. The van der Waals surface area contributed by atoms with Gasteiger partial charge < -0.3 is 10.5 Å². The Morgan fingerprint density at radius 3 is 2.55 bits per heavy atom. The molecule has 0 unspecified atom stereocenters. The first kappa shape index (κ1) is 14.6. The Balaban J connectivity index is 2.18. The van der Waals surface area contributed by atoms with Gasteiger partial charge >= 0.3 is 6.18 Å². The number of hydrogen-bond acceptors (Lipinski definition) is 4. The molecule has 0 atom stereocenters. The number of nitrogens with zero attached hydrogens (tertiary/aromatic N) is 1. The predicted octanol–water partition coefficient (Wildman–Crippen LogP) is 2.73. The molecule has 0 heterocycles. The van der Waals surface area contributed by atoms with Gasteiger partial charge in [-0.2, -0.15) is 13.2 Å². The second-order valence-corrected chi connectivity index (χ2v) is 4.75. The van der Waals surface area contributed by atoms with E-state index in [1.807, 2.05) is 0 Å². The quantitative estimate of drug-likeness (QED) is 0.683. The first-order valence-electron chi connectivity index (χ1n) is 6.03. The third-order valence-electron chi connectivity index (χ3n) is 3.30. The number of nitro benzene ring substituents is 1. The van der Waals surface area contributed by atoms with Crippen LogP contribution in [0.2, 0.25) is 0 Å². The monoisotopic (exact) mass is 290 g/mol. The van der Waals surface area contributed by atoms with Crippen LogP contribution in [0.25, 0.3) is 0 Å². The number of nitro groups is 1. The van der Waals surface area contributed by atoms with Crippen molar-refractivity contribution in [1.82, 2.24) is 0 Å². The van der Waals surface area contributed by atoms with Crippen molar-refractivity contribution < 1.29 is 22.8 Å². The maximum atomic E-state index is 12.8. The number of halogens is 3.